The Bertz CT molecular complexity index is 540. The number of aryl methyl sites for hydroxylation is 1. The molecule has 1 saturated carbocycles. The molecule has 1 heterocycles. The van der Waals surface area contributed by atoms with Gasteiger partial charge in [-0.15, -0.1) is 0 Å². The molecule has 5 nitrogen and oxygen atoms in total. The van der Waals surface area contributed by atoms with Gasteiger partial charge in [-0.1, -0.05) is 6.42 Å². The van der Waals surface area contributed by atoms with Gasteiger partial charge in [0.2, 0.25) is 0 Å². The van der Waals surface area contributed by atoms with Crippen LogP contribution in [0.25, 0.3) is 0 Å². The second-order valence-corrected chi connectivity index (χ2v) is 7.47. The quantitative estimate of drug-likeness (QED) is 0.916. The topological polar surface area (TPSA) is 50.2 Å². The minimum Gasteiger partial charge on any atom is -0.323 e. The Morgan fingerprint density at radius 3 is 2.64 bits per heavy atom. The monoisotopic (exact) mass is 324 g/mol. The van der Waals surface area contributed by atoms with Crippen LogP contribution in [0.1, 0.15) is 50.5 Å². The second kappa shape index (κ2) is 6.94. The number of nitrogens with zero attached hydrogens (tertiary/aromatic N) is 3. The normalized spacial score (nSPS) is 21.4. The smallest absolute Gasteiger partial charge is 0.321 e. The Hall–Kier alpha value is -1.17. The number of nitrogens with one attached hydrogen (secondary N) is 1. The summed E-state index contributed by atoms with van der Waals surface area (Å²) in [6, 6.07) is 0.592. The number of rotatable bonds is 4. The molecule has 0 saturated heterocycles. The molecular formula is C16H28N4OS. The molecule has 0 aliphatic heterocycles. The standard InChI is InChI=1S/C16H28N4OS/c1-10(2)20-12(4)15(11(3)18-20)17-16(21)19(5)13-8-7-9-14(13)22-6/h10,13-14H,7-9H2,1-6H3,(H,17,21)/t13-,14+/m1/s1. The summed E-state index contributed by atoms with van der Waals surface area (Å²) in [4.78, 5) is 14.5. The predicted octanol–water partition coefficient (Wildman–Crippen LogP) is 3.83. The fourth-order valence-electron chi connectivity index (χ4n) is 3.32. The Morgan fingerprint density at radius 1 is 1.41 bits per heavy atom. The predicted molar refractivity (Wildman–Crippen MR) is 93.8 cm³/mol. The average Bonchev–Trinajstić information content (AvgIpc) is 3.05. The summed E-state index contributed by atoms with van der Waals surface area (Å²) in [6.07, 6.45) is 5.64. The third kappa shape index (κ3) is 3.26. The number of anilines is 1. The van der Waals surface area contributed by atoms with Crippen LogP contribution < -0.4 is 5.32 Å². The van der Waals surface area contributed by atoms with Crippen LogP contribution >= 0.6 is 11.8 Å². The molecule has 1 aromatic heterocycles. The molecule has 1 fully saturated rings. The van der Waals surface area contributed by atoms with Gasteiger partial charge in [-0.05, 0) is 46.8 Å². The molecule has 6 heteroatoms. The summed E-state index contributed by atoms with van der Waals surface area (Å²) in [6.45, 7) is 8.15. The Balaban J connectivity index is 2.12. The summed E-state index contributed by atoms with van der Waals surface area (Å²) in [7, 11) is 1.91. The number of aromatic nitrogens is 2. The zero-order valence-corrected chi connectivity index (χ0v) is 15.3. The van der Waals surface area contributed by atoms with Crippen LogP contribution in [-0.4, -0.2) is 45.3 Å². The molecule has 1 aliphatic carbocycles. The molecule has 0 aromatic carbocycles. The molecule has 0 radical (unpaired) electrons. The summed E-state index contributed by atoms with van der Waals surface area (Å²) < 4.78 is 1.96. The fraction of sp³-hybridized carbons (Fsp3) is 0.750. The molecule has 22 heavy (non-hydrogen) atoms. The van der Waals surface area contributed by atoms with Crippen molar-refractivity contribution in [2.75, 3.05) is 18.6 Å². The lowest BCUT2D eigenvalue weighted by atomic mass is 10.2. The van der Waals surface area contributed by atoms with Crippen LogP contribution in [0.2, 0.25) is 0 Å². The van der Waals surface area contributed by atoms with Gasteiger partial charge in [-0.25, -0.2) is 4.79 Å². The van der Waals surface area contributed by atoms with Crippen molar-refractivity contribution in [2.24, 2.45) is 0 Å². The first kappa shape index (κ1) is 17.2. The van der Waals surface area contributed by atoms with Crippen LogP contribution in [0.5, 0.6) is 0 Å². The van der Waals surface area contributed by atoms with Crippen LogP contribution in [0.15, 0.2) is 0 Å². The third-order valence-corrected chi connectivity index (χ3v) is 5.74. The van der Waals surface area contributed by atoms with Gasteiger partial charge < -0.3 is 10.2 Å². The van der Waals surface area contributed by atoms with Crippen molar-refractivity contribution < 1.29 is 4.79 Å². The molecule has 2 rings (SSSR count). The SMILES string of the molecule is CS[C@H]1CCC[C@H]1N(C)C(=O)Nc1c(C)nn(C(C)C)c1C. The molecule has 2 atom stereocenters. The molecular weight excluding hydrogens is 296 g/mol. The summed E-state index contributed by atoms with van der Waals surface area (Å²) in [5.41, 5.74) is 2.74. The van der Waals surface area contributed by atoms with E-state index >= 15 is 0 Å². The molecule has 0 unspecified atom stereocenters. The van der Waals surface area contributed by atoms with Crippen molar-refractivity contribution in [2.45, 2.75) is 64.3 Å². The van der Waals surface area contributed by atoms with Crippen LogP contribution in [0.3, 0.4) is 0 Å². The number of carbonyl (C=O) groups is 1. The highest BCUT2D eigenvalue weighted by Crippen LogP contribution is 2.32. The van der Waals surface area contributed by atoms with Gasteiger partial charge in [0.15, 0.2) is 0 Å². The maximum absolute atomic E-state index is 12.6. The first-order valence-electron chi connectivity index (χ1n) is 7.99. The van der Waals surface area contributed by atoms with Gasteiger partial charge in [0.05, 0.1) is 17.1 Å². The highest BCUT2D eigenvalue weighted by molar-refractivity contribution is 7.99. The largest absolute Gasteiger partial charge is 0.323 e. The van der Waals surface area contributed by atoms with Gasteiger partial charge in [-0.2, -0.15) is 16.9 Å². The number of thioether (sulfide) groups is 1. The van der Waals surface area contributed by atoms with E-state index in [4.69, 9.17) is 0 Å². The Morgan fingerprint density at radius 2 is 2.09 bits per heavy atom. The number of hydrogen-bond acceptors (Lipinski definition) is 3. The van der Waals surface area contributed by atoms with Crippen molar-refractivity contribution in [3.63, 3.8) is 0 Å². The van der Waals surface area contributed by atoms with Gasteiger partial charge in [-0.3, -0.25) is 4.68 Å². The first-order valence-corrected chi connectivity index (χ1v) is 9.27. The van der Waals surface area contributed by atoms with Gasteiger partial charge >= 0.3 is 6.03 Å². The maximum atomic E-state index is 12.6. The van der Waals surface area contributed by atoms with E-state index in [1.165, 1.54) is 12.8 Å². The van der Waals surface area contributed by atoms with Crippen LogP contribution in [-0.2, 0) is 0 Å². The highest BCUT2D eigenvalue weighted by Gasteiger charge is 2.32. The third-order valence-electron chi connectivity index (χ3n) is 4.58. The molecule has 1 N–H and O–H groups in total. The Kier molecular flexibility index (Phi) is 5.42. The zero-order chi connectivity index (χ0) is 16.4. The highest BCUT2D eigenvalue weighted by atomic mass is 32.2. The van der Waals surface area contributed by atoms with Gasteiger partial charge in [0.1, 0.15) is 0 Å². The zero-order valence-electron chi connectivity index (χ0n) is 14.5. The first-order chi connectivity index (χ1) is 10.4. The lowest BCUT2D eigenvalue weighted by molar-refractivity contribution is 0.206. The average molecular weight is 324 g/mol. The number of carbonyl (C=O) groups excluding carboxylic acids is 1. The van der Waals surface area contributed by atoms with Crippen molar-refractivity contribution >= 4 is 23.5 Å². The second-order valence-electron chi connectivity index (χ2n) is 6.40. The van der Waals surface area contributed by atoms with E-state index in [9.17, 15) is 4.79 Å². The molecule has 0 spiro atoms. The van der Waals surface area contributed by atoms with E-state index < -0.39 is 0 Å². The minimum atomic E-state index is -0.0274. The Labute approximate surface area is 137 Å². The minimum absolute atomic E-state index is 0.0274. The lowest BCUT2D eigenvalue weighted by Gasteiger charge is -2.29. The molecule has 1 aliphatic rings. The van der Waals surface area contributed by atoms with E-state index in [1.807, 2.05) is 42.2 Å². The molecule has 124 valence electrons. The number of amides is 2. The van der Waals surface area contributed by atoms with Crippen molar-refractivity contribution in [1.82, 2.24) is 14.7 Å². The summed E-state index contributed by atoms with van der Waals surface area (Å²) in [5.74, 6) is 0. The van der Waals surface area contributed by atoms with Crippen LogP contribution in [0, 0.1) is 13.8 Å². The van der Waals surface area contributed by atoms with Crippen molar-refractivity contribution in [3.8, 4) is 0 Å². The maximum Gasteiger partial charge on any atom is 0.321 e. The molecule has 1 aromatic rings. The number of hydrogen-bond donors (Lipinski definition) is 1. The molecule has 0 bridgehead atoms. The van der Waals surface area contributed by atoms with E-state index in [2.05, 4.69) is 30.5 Å². The van der Waals surface area contributed by atoms with E-state index in [-0.39, 0.29) is 12.1 Å². The van der Waals surface area contributed by atoms with Crippen LogP contribution in [0.4, 0.5) is 10.5 Å². The summed E-state index contributed by atoms with van der Waals surface area (Å²) >= 11 is 1.87. The van der Waals surface area contributed by atoms with Crippen molar-refractivity contribution in [3.05, 3.63) is 11.4 Å². The van der Waals surface area contributed by atoms with Gasteiger partial charge in [0, 0.05) is 24.4 Å². The fourth-order valence-corrected chi connectivity index (χ4v) is 4.35. The van der Waals surface area contributed by atoms with E-state index in [1.54, 1.807) is 0 Å². The number of urea groups is 1. The van der Waals surface area contributed by atoms with E-state index in [0.717, 1.165) is 23.5 Å². The van der Waals surface area contributed by atoms with Gasteiger partial charge in [0.25, 0.3) is 0 Å². The molecule has 2 amide bonds. The van der Waals surface area contributed by atoms with E-state index in [0.29, 0.717) is 11.3 Å². The van der Waals surface area contributed by atoms with Crippen molar-refractivity contribution in [1.29, 1.82) is 0 Å². The summed E-state index contributed by atoms with van der Waals surface area (Å²) in [5, 5.41) is 8.15. The lowest BCUT2D eigenvalue weighted by Crippen LogP contribution is -2.43.